The third kappa shape index (κ3) is 2.72. The summed E-state index contributed by atoms with van der Waals surface area (Å²) in [4.78, 5) is 37.5. The molecule has 0 radical (unpaired) electrons. The Bertz CT molecular complexity index is 659. The van der Waals surface area contributed by atoms with Gasteiger partial charge in [-0.3, -0.25) is 14.5 Å². The molecule has 4 amide bonds. The molecule has 7 heteroatoms. The topological polar surface area (TPSA) is 78.5 Å². The Morgan fingerprint density at radius 2 is 2.18 bits per heavy atom. The minimum Gasteiger partial charge on any atom is -0.324 e. The van der Waals surface area contributed by atoms with Crippen LogP contribution in [0.5, 0.6) is 0 Å². The molecular formula is C15H16BrN3O3. The van der Waals surface area contributed by atoms with Crippen molar-refractivity contribution in [2.45, 2.75) is 25.3 Å². The van der Waals surface area contributed by atoms with Gasteiger partial charge in [0, 0.05) is 10.2 Å². The SMILES string of the molecule is C[C@]1(C2CC2)NC(=O)N(CC(=O)Nc2cccc(Br)c2)C1=O. The van der Waals surface area contributed by atoms with Crippen molar-refractivity contribution in [1.82, 2.24) is 10.2 Å². The molecule has 0 aromatic heterocycles. The highest BCUT2D eigenvalue weighted by Crippen LogP contribution is 2.42. The highest BCUT2D eigenvalue weighted by molar-refractivity contribution is 9.10. The van der Waals surface area contributed by atoms with Crippen LogP contribution in [0.15, 0.2) is 28.7 Å². The summed E-state index contributed by atoms with van der Waals surface area (Å²) < 4.78 is 0.835. The molecule has 116 valence electrons. The maximum absolute atomic E-state index is 12.4. The number of benzene rings is 1. The molecular weight excluding hydrogens is 350 g/mol. The smallest absolute Gasteiger partial charge is 0.324 e. The van der Waals surface area contributed by atoms with Crippen LogP contribution >= 0.6 is 15.9 Å². The first kappa shape index (κ1) is 15.0. The second-order valence-corrected chi connectivity index (χ2v) is 6.77. The first-order valence-electron chi connectivity index (χ1n) is 7.09. The van der Waals surface area contributed by atoms with Gasteiger partial charge in [0.15, 0.2) is 0 Å². The molecule has 22 heavy (non-hydrogen) atoms. The number of carbonyl (C=O) groups is 3. The van der Waals surface area contributed by atoms with E-state index >= 15 is 0 Å². The van der Waals surface area contributed by atoms with Gasteiger partial charge in [0.25, 0.3) is 5.91 Å². The van der Waals surface area contributed by atoms with Gasteiger partial charge in [-0.2, -0.15) is 0 Å². The Morgan fingerprint density at radius 1 is 1.45 bits per heavy atom. The van der Waals surface area contributed by atoms with Gasteiger partial charge in [0.2, 0.25) is 5.91 Å². The highest BCUT2D eigenvalue weighted by atomic mass is 79.9. The molecule has 3 rings (SSSR count). The Balaban J connectivity index is 1.66. The molecule has 1 aromatic rings. The number of urea groups is 1. The normalized spacial score (nSPS) is 24.4. The van der Waals surface area contributed by atoms with Gasteiger partial charge in [-0.05, 0) is 43.9 Å². The van der Waals surface area contributed by atoms with Crippen molar-refractivity contribution in [3.8, 4) is 0 Å². The minimum absolute atomic E-state index is 0.182. The highest BCUT2D eigenvalue weighted by Gasteiger charge is 2.56. The van der Waals surface area contributed by atoms with Gasteiger partial charge >= 0.3 is 6.03 Å². The molecule has 2 aliphatic rings. The summed E-state index contributed by atoms with van der Waals surface area (Å²) in [6.45, 7) is 1.45. The number of imide groups is 1. The second-order valence-electron chi connectivity index (χ2n) is 5.86. The molecule has 1 aromatic carbocycles. The molecule has 1 aliphatic carbocycles. The van der Waals surface area contributed by atoms with Crippen LogP contribution in [0.4, 0.5) is 10.5 Å². The summed E-state index contributed by atoms with van der Waals surface area (Å²) in [6.07, 6.45) is 1.86. The fourth-order valence-electron chi connectivity index (χ4n) is 2.71. The molecule has 6 nitrogen and oxygen atoms in total. The van der Waals surface area contributed by atoms with Crippen molar-refractivity contribution in [3.05, 3.63) is 28.7 Å². The van der Waals surface area contributed by atoms with Crippen LogP contribution in [0, 0.1) is 5.92 Å². The van der Waals surface area contributed by atoms with E-state index in [1.165, 1.54) is 0 Å². The van der Waals surface area contributed by atoms with Crippen molar-refractivity contribution in [1.29, 1.82) is 0 Å². The lowest BCUT2D eigenvalue weighted by molar-refractivity contribution is -0.134. The first-order chi connectivity index (χ1) is 10.4. The summed E-state index contributed by atoms with van der Waals surface area (Å²) in [5.41, 5.74) is -0.246. The molecule has 1 atom stereocenters. The van der Waals surface area contributed by atoms with Crippen LogP contribution in [-0.2, 0) is 9.59 Å². The third-order valence-corrected chi connectivity index (χ3v) is 4.60. The summed E-state index contributed by atoms with van der Waals surface area (Å²) in [7, 11) is 0. The molecule has 2 N–H and O–H groups in total. The number of nitrogens with one attached hydrogen (secondary N) is 2. The second kappa shape index (κ2) is 5.39. The van der Waals surface area contributed by atoms with Crippen LogP contribution in [-0.4, -0.2) is 34.8 Å². The molecule has 0 spiro atoms. The molecule has 1 aliphatic heterocycles. The van der Waals surface area contributed by atoms with E-state index in [9.17, 15) is 14.4 Å². The summed E-state index contributed by atoms with van der Waals surface area (Å²) in [5, 5.41) is 5.40. The van der Waals surface area contributed by atoms with Crippen molar-refractivity contribution in [3.63, 3.8) is 0 Å². The number of anilines is 1. The van der Waals surface area contributed by atoms with Crippen molar-refractivity contribution in [2.75, 3.05) is 11.9 Å². The fourth-order valence-corrected chi connectivity index (χ4v) is 3.11. The fraction of sp³-hybridized carbons (Fsp3) is 0.400. The van der Waals surface area contributed by atoms with E-state index in [4.69, 9.17) is 0 Å². The van der Waals surface area contributed by atoms with Gasteiger partial charge in [-0.25, -0.2) is 4.79 Å². The van der Waals surface area contributed by atoms with Crippen molar-refractivity contribution < 1.29 is 14.4 Å². The van der Waals surface area contributed by atoms with Crippen LogP contribution in [0.1, 0.15) is 19.8 Å². The van der Waals surface area contributed by atoms with Gasteiger partial charge < -0.3 is 10.6 Å². The average Bonchev–Trinajstić information content (AvgIpc) is 3.25. The number of hydrogen-bond donors (Lipinski definition) is 2. The monoisotopic (exact) mass is 365 g/mol. The Hall–Kier alpha value is -1.89. The van der Waals surface area contributed by atoms with Crippen LogP contribution in [0.25, 0.3) is 0 Å². The average molecular weight is 366 g/mol. The Kier molecular flexibility index (Phi) is 3.68. The summed E-state index contributed by atoms with van der Waals surface area (Å²) in [5.74, 6) is -0.534. The number of hydrogen-bond acceptors (Lipinski definition) is 3. The summed E-state index contributed by atoms with van der Waals surface area (Å²) >= 11 is 3.32. The third-order valence-electron chi connectivity index (χ3n) is 4.11. The number of carbonyl (C=O) groups excluding carboxylic acids is 3. The number of nitrogens with zero attached hydrogens (tertiary/aromatic N) is 1. The standard InChI is InChI=1S/C15H16BrN3O3/c1-15(9-5-6-9)13(21)19(14(22)18-15)8-12(20)17-11-4-2-3-10(16)7-11/h2-4,7,9H,5-6,8H2,1H3,(H,17,20)(H,18,22)/t15-/m1/s1. The van der Waals surface area contributed by atoms with E-state index in [0.29, 0.717) is 5.69 Å². The van der Waals surface area contributed by atoms with Crippen molar-refractivity contribution in [2.24, 2.45) is 5.92 Å². The van der Waals surface area contributed by atoms with E-state index < -0.39 is 17.5 Å². The number of amides is 4. The zero-order chi connectivity index (χ0) is 15.9. The number of halogens is 1. The minimum atomic E-state index is -0.854. The van der Waals surface area contributed by atoms with Crippen molar-refractivity contribution >= 4 is 39.5 Å². The molecule has 1 saturated carbocycles. The Labute approximate surface area is 136 Å². The van der Waals surface area contributed by atoms with Gasteiger partial charge in [-0.15, -0.1) is 0 Å². The Morgan fingerprint density at radius 3 is 2.82 bits per heavy atom. The lowest BCUT2D eigenvalue weighted by atomic mass is 9.96. The van der Waals surface area contributed by atoms with E-state index in [1.54, 1.807) is 25.1 Å². The van der Waals surface area contributed by atoms with E-state index in [1.807, 2.05) is 6.07 Å². The van der Waals surface area contributed by atoms with Crippen LogP contribution in [0.3, 0.4) is 0 Å². The zero-order valence-corrected chi connectivity index (χ0v) is 13.6. The summed E-state index contributed by atoms with van der Waals surface area (Å²) in [6, 6.07) is 6.62. The zero-order valence-electron chi connectivity index (χ0n) is 12.1. The predicted molar refractivity (Wildman–Crippen MR) is 84.1 cm³/mol. The first-order valence-corrected chi connectivity index (χ1v) is 7.89. The largest absolute Gasteiger partial charge is 0.325 e. The molecule has 0 unspecified atom stereocenters. The maximum atomic E-state index is 12.4. The van der Waals surface area contributed by atoms with Crippen LogP contribution in [0.2, 0.25) is 0 Å². The van der Waals surface area contributed by atoms with Crippen LogP contribution < -0.4 is 10.6 Å². The van der Waals surface area contributed by atoms with E-state index in [0.717, 1.165) is 22.2 Å². The lowest BCUT2D eigenvalue weighted by Gasteiger charge is -2.20. The predicted octanol–water partition coefficient (Wildman–Crippen LogP) is 2.11. The van der Waals surface area contributed by atoms with Gasteiger partial charge in [-0.1, -0.05) is 22.0 Å². The van der Waals surface area contributed by atoms with E-state index in [2.05, 4.69) is 26.6 Å². The molecule has 2 fully saturated rings. The van der Waals surface area contributed by atoms with Gasteiger partial charge in [0.1, 0.15) is 12.1 Å². The quantitative estimate of drug-likeness (QED) is 0.802. The molecule has 1 heterocycles. The lowest BCUT2D eigenvalue weighted by Crippen LogP contribution is -2.46. The molecule has 1 saturated heterocycles. The maximum Gasteiger partial charge on any atom is 0.325 e. The number of rotatable bonds is 4. The van der Waals surface area contributed by atoms with Gasteiger partial charge in [0.05, 0.1) is 0 Å². The van der Waals surface area contributed by atoms with E-state index in [-0.39, 0.29) is 18.4 Å². The molecule has 0 bridgehead atoms.